The molecule has 0 unspecified atom stereocenters. The zero-order valence-electron chi connectivity index (χ0n) is 19.9. The van der Waals surface area contributed by atoms with E-state index in [-0.39, 0.29) is 23.0 Å². The number of nitrogens with zero attached hydrogens (tertiary/aromatic N) is 2. The minimum atomic E-state index is -0.384. The molecule has 37 heavy (non-hydrogen) atoms. The first-order chi connectivity index (χ1) is 18.0. The zero-order valence-corrected chi connectivity index (χ0v) is 20.7. The van der Waals surface area contributed by atoms with Gasteiger partial charge in [0.05, 0.1) is 18.0 Å². The van der Waals surface area contributed by atoms with E-state index in [0.717, 1.165) is 22.9 Å². The molecule has 0 bridgehead atoms. The fraction of sp³-hybridized carbons (Fsp3) is 0.107. The molecule has 0 fully saturated rings. The first-order valence-electron chi connectivity index (χ1n) is 11.6. The second-order valence-electron chi connectivity index (χ2n) is 8.10. The SMILES string of the molecule is CCOc1ccc(-n2c(SCC(=O)Nc3ccc(F)cc3)nc3c(-c4ccccc4)c[nH]c3c2=O)cc1. The summed E-state index contributed by atoms with van der Waals surface area (Å²) in [5, 5.41) is 3.11. The van der Waals surface area contributed by atoms with Crippen LogP contribution in [-0.4, -0.2) is 32.8 Å². The van der Waals surface area contributed by atoms with E-state index in [1.807, 2.05) is 37.3 Å². The lowest BCUT2D eigenvalue weighted by Gasteiger charge is -2.13. The molecule has 2 N–H and O–H groups in total. The van der Waals surface area contributed by atoms with Gasteiger partial charge in [0.1, 0.15) is 22.6 Å². The molecule has 9 heteroatoms. The molecule has 3 aromatic carbocycles. The van der Waals surface area contributed by atoms with Crippen LogP contribution >= 0.6 is 11.8 Å². The summed E-state index contributed by atoms with van der Waals surface area (Å²) in [6.45, 7) is 2.43. The lowest BCUT2D eigenvalue weighted by molar-refractivity contribution is -0.113. The number of benzene rings is 3. The van der Waals surface area contributed by atoms with Crippen LogP contribution in [0, 0.1) is 5.82 Å². The quantitative estimate of drug-likeness (QED) is 0.206. The molecule has 0 saturated carbocycles. The van der Waals surface area contributed by atoms with Gasteiger partial charge in [-0.3, -0.25) is 14.2 Å². The Labute approximate surface area is 216 Å². The topological polar surface area (TPSA) is 89.0 Å². The standard InChI is InChI=1S/C28H23FN4O3S/c1-2-36-22-14-12-21(13-15-22)33-27(35)26-25(23(16-30-26)18-6-4-3-5-7-18)32-28(33)37-17-24(34)31-20-10-8-19(29)9-11-20/h3-16,30H,2,17H2,1H3,(H,31,34). The Balaban J connectivity index is 1.53. The van der Waals surface area contributed by atoms with Crippen molar-refractivity contribution in [3.63, 3.8) is 0 Å². The molecule has 0 radical (unpaired) electrons. The average molecular weight is 515 g/mol. The van der Waals surface area contributed by atoms with Crippen LogP contribution in [0.25, 0.3) is 27.8 Å². The van der Waals surface area contributed by atoms with Gasteiger partial charge in [-0.15, -0.1) is 0 Å². The second kappa shape index (κ2) is 10.7. The summed E-state index contributed by atoms with van der Waals surface area (Å²) in [4.78, 5) is 34.3. The molecular weight excluding hydrogens is 491 g/mol. The molecule has 0 spiro atoms. The highest BCUT2D eigenvalue weighted by molar-refractivity contribution is 7.99. The van der Waals surface area contributed by atoms with Crippen molar-refractivity contribution in [2.24, 2.45) is 0 Å². The maximum atomic E-state index is 13.7. The van der Waals surface area contributed by atoms with Gasteiger partial charge in [-0.05, 0) is 61.0 Å². The molecule has 5 rings (SSSR count). The van der Waals surface area contributed by atoms with Crippen molar-refractivity contribution >= 4 is 34.4 Å². The Bertz CT molecular complexity index is 1600. The van der Waals surface area contributed by atoms with Crippen molar-refractivity contribution in [3.05, 3.63) is 101 Å². The summed E-state index contributed by atoms with van der Waals surface area (Å²) >= 11 is 1.14. The Morgan fingerprint density at radius 2 is 1.78 bits per heavy atom. The van der Waals surface area contributed by atoms with Crippen LogP contribution in [0.3, 0.4) is 0 Å². The van der Waals surface area contributed by atoms with Crippen LogP contribution in [0.1, 0.15) is 6.92 Å². The van der Waals surface area contributed by atoms with Gasteiger partial charge >= 0.3 is 0 Å². The molecule has 0 aliphatic rings. The van der Waals surface area contributed by atoms with E-state index in [1.165, 1.54) is 28.8 Å². The van der Waals surface area contributed by atoms with Gasteiger partial charge in [0.2, 0.25) is 5.91 Å². The number of hydrogen-bond acceptors (Lipinski definition) is 5. The predicted octanol–water partition coefficient (Wildman–Crippen LogP) is 5.65. The summed E-state index contributed by atoms with van der Waals surface area (Å²) in [6, 6.07) is 22.3. The molecule has 5 aromatic rings. The number of ether oxygens (including phenoxy) is 1. The third-order valence-corrected chi connectivity index (χ3v) is 6.56. The molecule has 186 valence electrons. The predicted molar refractivity (Wildman–Crippen MR) is 144 cm³/mol. The molecule has 0 aliphatic carbocycles. The Kier molecular flexibility index (Phi) is 7.04. The number of nitrogens with one attached hydrogen (secondary N) is 2. The highest BCUT2D eigenvalue weighted by Gasteiger charge is 2.19. The summed E-state index contributed by atoms with van der Waals surface area (Å²) in [5.41, 5.74) is 3.41. The number of carbonyl (C=O) groups is 1. The normalized spacial score (nSPS) is 11.0. The second-order valence-corrected chi connectivity index (χ2v) is 9.04. The van der Waals surface area contributed by atoms with Gasteiger partial charge in [0.25, 0.3) is 5.56 Å². The third kappa shape index (κ3) is 5.26. The Morgan fingerprint density at radius 1 is 1.05 bits per heavy atom. The average Bonchev–Trinajstić information content (AvgIpc) is 3.35. The van der Waals surface area contributed by atoms with Crippen molar-refractivity contribution < 1.29 is 13.9 Å². The van der Waals surface area contributed by atoms with Gasteiger partial charge in [0, 0.05) is 17.4 Å². The highest BCUT2D eigenvalue weighted by Crippen LogP contribution is 2.29. The van der Waals surface area contributed by atoms with Gasteiger partial charge in [-0.1, -0.05) is 42.1 Å². The fourth-order valence-electron chi connectivity index (χ4n) is 3.92. The van der Waals surface area contributed by atoms with Crippen LogP contribution in [0.4, 0.5) is 10.1 Å². The van der Waals surface area contributed by atoms with Gasteiger partial charge < -0.3 is 15.0 Å². The molecule has 1 amide bonds. The van der Waals surface area contributed by atoms with Crippen molar-refractivity contribution in [2.45, 2.75) is 12.1 Å². The number of thioether (sulfide) groups is 1. The van der Waals surface area contributed by atoms with E-state index in [4.69, 9.17) is 9.72 Å². The van der Waals surface area contributed by atoms with E-state index in [9.17, 15) is 14.0 Å². The Morgan fingerprint density at radius 3 is 2.49 bits per heavy atom. The van der Waals surface area contributed by atoms with Gasteiger partial charge in [-0.25, -0.2) is 9.37 Å². The number of aromatic amines is 1. The molecule has 2 aromatic heterocycles. The van der Waals surface area contributed by atoms with Gasteiger partial charge in [0.15, 0.2) is 5.16 Å². The van der Waals surface area contributed by atoms with Crippen LogP contribution in [-0.2, 0) is 4.79 Å². The van der Waals surface area contributed by atoms with E-state index < -0.39 is 0 Å². The van der Waals surface area contributed by atoms with E-state index in [1.54, 1.807) is 30.5 Å². The lowest BCUT2D eigenvalue weighted by Crippen LogP contribution is -2.23. The van der Waals surface area contributed by atoms with Crippen molar-refractivity contribution in [1.82, 2.24) is 14.5 Å². The number of halogens is 1. The molecule has 7 nitrogen and oxygen atoms in total. The highest BCUT2D eigenvalue weighted by atomic mass is 32.2. The van der Waals surface area contributed by atoms with Crippen molar-refractivity contribution in [2.75, 3.05) is 17.7 Å². The number of amides is 1. The van der Waals surface area contributed by atoms with Crippen LogP contribution < -0.4 is 15.6 Å². The number of anilines is 1. The van der Waals surface area contributed by atoms with Crippen molar-refractivity contribution in [3.8, 4) is 22.6 Å². The number of carbonyl (C=O) groups excluding carboxylic acids is 1. The third-order valence-electron chi connectivity index (χ3n) is 5.62. The number of hydrogen-bond donors (Lipinski definition) is 2. The summed E-state index contributed by atoms with van der Waals surface area (Å²) in [6.07, 6.45) is 1.77. The smallest absolute Gasteiger partial charge is 0.283 e. The van der Waals surface area contributed by atoms with E-state index >= 15 is 0 Å². The molecule has 0 aliphatic heterocycles. The summed E-state index contributed by atoms with van der Waals surface area (Å²) in [5.74, 6) is -0.00348. The van der Waals surface area contributed by atoms with E-state index in [0.29, 0.717) is 39.9 Å². The first-order valence-corrected chi connectivity index (χ1v) is 12.6. The fourth-order valence-corrected chi connectivity index (χ4v) is 4.73. The number of H-pyrrole nitrogens is 1. The van der Waals surface area contributed by atoms with Crippen LogP contribution in [0.5, 0.6) is 5.75 Å². The lowest BCUT2D eigenvalue weighted by atomic mass is 10.1. The molecular formula is C28H23FN4O3S. The number of fused-ring (bicyclic) bond motifs is 1. The van der Waals surface area contributed by atoms with E-state index in [2.05, 4.69) is 10.3 Å². The Hall–Kier alpha value is -4.37. The zero-order chi connectivity index (χ0) is 25.8. The minimum Gasteiger partial charge on any atom is -0.494 e. The maximum Gasteiger partial charge on any atom is 0.283 e. The van der Waals surface area contributed by atoms with Gasteiger partial charge in [-0.2, -0.15) is 0 Å². The maximum absolute atomic E-state index is 13.7. The van der Waals surface area contributed by atoms with Crippen molar-refractivity contribution in [1.29, 1.82) is 0 Å². The molecule has 2 heterocycles. The molecule has 0 saturated heterocycles. The summed E-state index contributed by atoms with van der Waals surface area (Å²) < 4.78 is 20.2. The first kappa shape index (κ1) is 24.3. The monoisotopic (exact) mass is 514 g/mol. The van der Waals surface area contributed by atoms with Crippen LogP contribution in [0.2, 0.25) is 0 Å². The molecule has 0 atom stereocenters. The van der Waals surface area contributed by atoms with Crippen LogP contribution in [0.15, 0.2) is 95.0 Å². The minimum absolute atomic E-state index is 0.00253. The summed E-state index contributed by atoms with van der Waals surface area (Å²) in [7, 11) is 0. The largest absolute Gasteiger partial charge is 0.494 e. The number of aromatic nitrogens is 3. The number of rotatable bonds is 8.